The van der Waals surface area contributed by atoms with Gasteiger partial charge < -0.3 is 19.5 Å². The van der Waals surface area contributed by atoms with Crippen LogP contribution in [0.25, 0.3) is 16.7 Å². The van der Waals surface area contributed by atoms with Gasteiger partial charge in [0.2, 0.25) is 0 Å². The smallest absolute Gasteiger partial charge is 0.416 e. The first kappa shape index (κ1) is 33.8. The molecule has 3 aromatic carbocycles. The zero-order valence-electron chi connectivity index (χ0n) is 27.0. The Labute approximate surface area is 272 Å². The van der Waals surface area contributed by atoms with Crippen LogP contribution in [-0.2, 0) is 33.8 Å². The number of amides is 1. The lowest BCUT2D eigenvalue weighted by molar-refractivity contribution is -0.142. The monoisotopic (exact) mass is 649 g/mol. The number of rotatable bonds is 10. The summed E-state index contributed by atoms with van der Waals surface area (Å²) in [6, 6.07) is 15.4. The number of benzene rings is 3. The lowest BCUT2D eigenvalue weighted by atomic mass is 9.83. The van der Waals surface area contributed by atoms with Gasteiger partial charge in [0.05, 0.1) is 18.6 Å². The van der Waals surface area contributed by atoms with Crippen LogP contribution < -0.4 is 10.1 Å². The molecular formula is C37H38F3NO6. The Morgan fingerprint density at radius 3 is 2.38 bits per heavy atom. The van der Waals surface area contributed by atoms with Crippen LogP contribution in [0.3, 0.4) is 0 Å². The number of Topliss-reactive ketones (excluding diaryl/α,β-unsaturated/α-hetero) is 1. The third-order valence-corrected chi connectivity index (χ3v) is 8.01. The van der Waals surface area contributed by atoms with Crippen LogP contribution in [0.5, 0.6) is 5.75 Å². The Morgan fingerprint density at radius 2 is 1.70 bits per heavy atom. The van der Waals surface area contributed by atoms with Gasteiger partial charge in [-0.15, -0.1) is 0 Å². The molecule has 1 N–H and O–H groups in total. The van der Waals surface area contributed by atoms with Crippen LogP contribution in [0, 0.1) is 5.92 Å². The molecule has 2 atom stereocenters. The number of hydrogen-bond acceptors (Lipinski definition) is 6. The second-order valence-corrected chi connectivity index (χ2v) is 12.9. The minimum atomic E-state index is -4.55. The molecule has 0 bridgehead atoms. The molecule has 0 aliphatic heterocycles. The van der Waals surface area contributed by atoms with Crippen molar-refractivity contribution in [3.63, 3.8) is 0 Å². The van der Waals surface area contributed by atoms with E-state index in [1.165, 1.54) is 25.1 Å². The average molecular weight is 650 g/mol. The van der Waals surface area contributed by atoms with Gasteiger partial charge in [0.25, 0.3) is 0 Å². The van der Waals surface area contributed by atoms with Crippen LogP contribution >= 0.6 is 0 Å². The molecule has 5 rings (SSSR count). The molecule has 1 fully saturated rings. The van der Waals surface area contributed by atoms with E-state index in [0.717, 1.165) is 5.56 Å². The SMILES string of the molecule is CCOC(=O)Cc1ccc(C(C)=O)cc1OCc1cc2c(c(-c3cccc(CNC(=O)OC(C)(C)C)c3)c1)C1CC1C=C2C(F)(F)F. The van der Waals surface area contributed by atoms with Gasteiger partial charge >= 0.3 is 18.2 Å². The van der Waals surface area contributed by atoms with E-state index in [4.69, 9.17) is 14.2 Å². The summed E-state index contributed by atoms with van der Waals surface area (Å²) >= 11 is 0. The van der Waals surface area contributed by atoms with Crippen LogP contribution in [0.2, 0.25) is 0 Å². The van der Waals surface area contributed by atoms with Crippen LogP contribution in [0.4, 0.5) is 18.0 Å². The number of esters is 1. The van der Waals surface area contributed by atoms with Gasteiger partial charge in [-0.1, -0.05) is 36.4 Å². The highest BCUT2D eigenvalue weighted by Gasteiger charge is 2.49. The highest BCUT2D eigenvalue weighted by molar-refractivity contribution is 5.94. The maximum Gasteiger partial charge on any atom is 0.416 e. The summed E-state index contributed by atoms with van der Waals surface area (Å²) < 4.78 is 59.8. The first-order valence-electron chi connectivity index (χ1n) is 15.6. The lowest BCUT2D eigenvalue weighted by Crippen LogP contribution is -2.32. The van der Waals surface area contributed by atoms with Gasteiger partial charge in [-0.3, -0.25) is 9.59 Å². The summed E-state index contributed by atoms with van der Waals surface area (Å²) in [5.41, 5.74) is 2.91. The molecule has 248 valence electrons. The number of carbonyl (C=O) groups is 3. The predicted octanol–water partition coefficient (Wildman–Crippen LogP) is 8.33. The molecule has 3 aromatic rings. The van der Waals surface area contributed by atoms with Gasteiger partial charge in [-0.2, -0.15) is 13.2 Å². The van der Waals surface area contributed by atoms with Crippen molar-refractivity contribution in [2.24, 2.45) is 5.92 Å². The Hall–Kier alpha value is -4.60. The minimum Gasteiger partial charge on any atom is -0.489 e. The number of ketones is 1. The Kier molecular flexibility index (Phi) is 9.52. The van der Waals surface area contributed by atoms with Crippen molar-refractivity contribution in [2.45, 2.75) is 78.3 Å². The molecular weight excluding hydrogens is 611 g/mol. The van der Waals surface area contributed by atoms with Crippen molar-refractivity contribution >= 4 is 23.4 Å². The Morgan fingerprint density at radius 1 is 0.957 bits per heavy atom. The molecule has 0 spiro atoms. The van der Waals surface area contributed by atoms with E-state index < -0.39 is 29.4 Å². The van der Waals surface area contributed by atoms with Gasteiger partial charge in [-0.25, -0.2) is 4.79 Å². The first-order chi connectivity index (χ1) is 22.1. The Bertz CT molecular complexity index is 1740. The number of halogens is 3. The molecule has 47 heavy (non-hydrogen) atoms. The molecule has 2 aliphatic rings. The number of hydrogen-bond donors (Lipinski definition) is 1. The van der Waals surface area contributed by atoms with Crippen LogP contribution in [-0.4, -0.2) is 36.2 Å². The van der Waals surface area contributed by atoms with Gasteiger partial charge in [0, 0.05) is 17.7 Å². The molecule has 7 nitrogen and oxygen atoms in total. The summed E-state index contributed by atoms with van der Waals surface area (Å²) in [5, 5.41) is 2.73. The number of fused-ring (bicyclic) bond motifs is 3. The van der Waals surface area contributed by atoms with Gasteiger partial charge in [0.15, 0.2) is 5.78 Å². The molecule has 2 unspecified atom stereocenters. The highest BCUT2D eigenvalue weighted by atomic mass is 19.4. The molecule has 2 aliphatic carbocycles. The topological polar surface area (TPSA) is 90.9 Å². The average Bonchev–Trinajstić information content (AvgIpc) is 3.77. The van der Waals surface area contributed by atoms with Crippen molar-refractivity contribution in [1.29, 1.82) is 0 Å². The fourth-order valence-electron chi connectivity index (χ4n) is 5.86. The zero-order valence-corrected chi connectivity index (χ0v) is 27.0. The maximum atomic E-state index is 14.4. The molecule has 0 aromatic heterocycles. The molecule has 1 amide bonds. The van der Waals surface area contributed by atoms with E-state index in [9.17, 15) is 27.6 Å². The standard InChI is InChI=1S/C37H38F3NO6/c1-6-45-33(43)18-26-11-10-24(21(2)42)17-32(26)46-20-23-13-28(34-29-15-27(29)16-31(30(34)14-23)37(38,39)40)25-9-7-8-22(12-25)19-41-35(44)47-36(3,4)5/h7-14,16-17,27,29H,6,15,18-20H2,1-5H3,(H,41,44). The molecule has 0 radical (unpaired) electrons. The second kappa shape index (κ2) is 13.3. The number of carbonyl (C=O) groups excluding carboxylic acids is 3. The van der Waals surface area contributed by atoms with Crippen molar-refractivity contribution in [2.75, 3.05) is 6.61 Å². The summed E-state index contributed by atoms with van der Waals surface area (Å²) in [7, 11) is 0. The summed E-state index contributed by atoms with van der Waals surface area (Å²) in [6.45, 7) is 8.67. The molecule has 0 saturated heterocycles. The van der Waals surface area contributed by atoms with Crippen molar-refractivity contribution < 1.29 is 41.8 Å². The number of alkyl halides is 3. The van der Waals surface area contributed by atoms with E-state index in [1.54, 1.807) is 45.9 Å². The van der Waals surface area contributed by atoms with Gasteiger partial charge in [0.1, 0.15) is 18.0 Å². The highest BCUT2D eigenvalue weighted by Crippen LogP contribution is 2.59. The van der Waals surface area contributed by atoms with E-state index in [2.05, 4.69) is 5.32 Å². The van der Waals surface area contributed by atoms with Crippen molar-refractivity contribution in [1.82, 2.24) is 5.32 Å². The van der Waals surface area contributed by atoms with Crippen molar-refractivity contribution in [3.8, 4) is 16.9 Å². The summed E-state index contributed by atoms with van der Waals surface area (Å²) in [4.78, 5) is 36.6. The molecule has 10 heteroatoms. The normalized spacial score (nSPS) is 16.7. The summed E-state index contributed by atoms with van der Waals surface area (Å²) in [5.74, 6) is -0.614. The second-order valence-electron chi connectivity index (χ2n) is 12.9. The van der Waals surface area contributed by atoms with Crippen LogP contribution in [0.1, 0.15) is 85.1 Å². The molecule has 1 saturated carbocycles. The zero-order chi connectivity index (χ0) is 34.1. The van der Waals surface area contributed by atoms with Crippen LogP contribution in [0.15, 0.2) is 60.7 Å². The lowest BCUT2D eigenvalue weighted by Gasteiger charge is -2.24. The fourth-order valence-corrected chi connectivity index (χ4v) is 5.86. The molecule has 0 heterocycles. The quantitative estimate of drug-likeness (QED) is 0.175. The summed E-state index contributed by atoms with van der Waals surface area (Å²) in [6.07, 6.45) is -3.26. The largest absolute Gasteiger partial charge is 0.489 e. The van der Waals surface area contributed by atoms with E-state index in [-0.39, 0.29) is 55.1 Å². The number of ether oxygens (including phenoxy) is 3. The fraction of sp³-hybridized carbons (Fsp3) is 0.378. The van der Waals surface area contributed by atoms with E-state index in [0.29, 0.717) is 39.8 Å². The number of alkyl carbamates (subject to hydrolysis) is 1. The van der Waals surface area contributed by atoms with E-state index in [1.807, 2.05) is 24.3 Å². The number of nitrogens with one attached hydrogen (secondary N) is 1. The number of allylic oxidation sites excluding steroid dienone is 2. The predicted molar refractivity (Wildman–Crippen MR) is 171 cm³/mol. The van der Waals surface area contributed by atoms with Crippen molar-refractivity contribution in [3.05, 3.63) is 94.1 Å². The third kappa shape index (κ3) is 8.22. The van der Waals surface area contributed by atoms with E-state index >= 15 is 0 Å². The maximum absolute atomic E-state index is 14.4. The van der Waals surface area contributed by atoms with Gasteiger partial charge in [-0.05, 0) is 111 Å². The minimum absolute atomic E-state index is 0.0342. The Balaban J connectivity index is 1.52. The first-order valence-corrected chi connectivity index (χ1v) is 15.6. The third-order valence-electron chi connectivity index (χ3n) is 8.01.